The Labute approximate surface area is 190 Å². The standard InChI is InChI=1S/C24H24F2N4O3/c1-4-29-14-15(13-28-29)12-27-21(31)16-8-9-20-19(10-16)24(2,3)22(32)30(20)17-6-5-7-18(11-17)33-23(25)26/h5-11,13-14,23H,4,12H2,1-3H3,(H,27,31). The van der Waals surface area contributed by atoms with Gasteiger partial charge in [-0.3, -0.25) is 19.2 Å². The lowest BCUT2D eigenvalue weighted by Crippen LogP contribution is -2.33. The van der Waals surface area contributed by atoms with Crippen LogP contribution in [0.15, 0.2) is 54.9 Å². The van der Waals surface area contributed by atoms with Gasteiger partial charge in [-0.1, -0.05) is 6.07 Å². The summed E-state index contributed by atoms with van der Waals surface area (Å²) in [5.74, 6) is -0.531. The molecule has 0 radical (unpaired) electrons. The molecule has 0 fully saturated rings. The van der Waals surface area contributed by atoms with Crippen LogP contribution < -0.4 is 15.0 Å². The second kappa shape index (κ2) is 8.65. The molecule has 1 aromatic heterocycles. The van der Waals surface area contributed by atoms with E-state index < -0.39 is 12.0 Å². The van der Waals surface area contributed by atoms with Crippen molar-refractivity contribution in [3.8, 4) is 5.75 Å². The topological polar surface area (TPSA) is 76.5 Å². The number of nitrogens with zero attached hydrogens (tertiary/aromatic N) is 3. The minimum absolute atomic E-state index is 0.0380. The lowest BCUT2D eigenvalue weighted by molar-refractivity contribution is -0.121. The van der Waals surface area contributed by atoms with E-state index in [1.54, 1.807) is 55.1 Å². The maximum atomic E-state index is 13.3. The van der Waals surface area contributed by atoms with E-state index in [1.807, 2.05) is 13.1 Å². The summed E-state index contributed by atoms with van der Waals surface area (Å²) < 4.78 is 31.5. The second-order valence-corrected chi connectivity index (χ2v) is 8.26. The van der Waals surface area contributed by atoms with Crippen LogP contribution >= 0.6 is 0 Å². The molecule has 0 aliphatic carbocycles. The molecule has 0 spiro atoms. The molecule has 1 aliphatic heterocycles. The third-order valence-corrected chi connectivity index (χ3v) is 5.68. The van der Waals surface area contributed by atoms with Gasteiger partial charge in [0.15, 0.2) is 0 Å². The van der Waals surface area contributed by atoms with Crippen LogP contribution in [0.5, 0.6) is 5.75 Å². The lowest BCUT2D eigenvalue weighted by Gasteiger charge is -2.21. The molecular formula is C24H24F2N4O3. The Morgan fingerprint density at radius 1 is 1.21 bits per heavy atom. The number of carbonyl (C=O) groups excluding carboxylic acids is 2. The average molecular weight is 454 g/mol. The zero-order chi connectivity index (χ0) is 23.8. The molecule has 3 aromatic rings. The number of rotatable bonds is 7. The summed E-state index contributed by atoms with van der Waals surface area (Å²) in [4.78, 5) is 27.5. The molecule has 0 saturated carbocycles. The van der Waals surface area contributed by atoms with Gasteiger partial charge < -0.3 is 10.1 Å². The molecule has 1 N–H and O–H groups in total. The Bertz CT molecular complexity index is 1210. The van der Waals surface area contributed by atoms with E-state index in [-0.39, 0.29) is 17.6 Å². The predicted molar refractivity (Wildman–Crippen MR) is 119 cm³/mol. The normalized spacial score (nSPS) is 14.5. The highest BCUT2D eigenvalue weighted by Crippen LogP contribution is 2.46. The molecule has 1 aliphatic rings. The van der Waals surface area contributed by atoms with Gasteiger partial charge >= 0.3 is 6.61 Å². The summed E-state index contributed by atoms with van der Waals surface area (Å²) in [7, 11) is 0. The fraction of sp³-hybridized carbons (Fsp3) is 0.292. The lowest BCUT2D eigenvalue weighted by atomic mass is 9.85. The van der Waals surface area contributed by atoms with Gasteiger partial charge in [-0.2, -0.15) is 13.9 Å². The van der Waals surface area contributed by atoms with E-state index >= 15 is 0 Å². The van der Waals surface area contributed by atoms with Gasteiger partial charge in [0.05, 0.1) is 23.0 Å². The number of hydrogen-bond acceptors (Lipinski definition) is 4. The number of amides is 2. The van der Waals surface area contributed by atoms with Crippen molar-refractivity contribution in [1.82, 2.24) is 15.1 Å². The van der Waals surface area contributed by atoms with Crippen molar-refractivity contribution in [3.05, 3.63) is 71.5 Å². The molecule has 2 heterocycles. The Balaban J connectivity index is 1.60. The second-order valence-electron chi connectivity index (χ2n) is 8.26. The highest BCUT2D eigenvalue weighted by molar-refractivity contribution is 6.13. The Hall–Kier alpha value is -3.75. The largest absolute Gasteiger partial charge is 0.435 e. The van der Waals surface area contributed by atoms with Crippen LogP contribution in [0.25, 0.3) is 0 Å². The van der Waals surface area contributed by atoms with Gasteiger partial charge in [0.25, 0.3) is 5.91 Å². The monoisotopic (exact) mass is 454 g/mol. The van der Waals surface area contributed by atoms with Gasteiger partial charge in [0.2, 0.25) is 5.91 Å². The zero-order valence-corrected chi connectivity index (χ0v) is 18.5. The number of aromatic nitrogens is 2. The van der Waals surface area contributed by atoms with Gasteiger partial charge in [-0.25, -0.2) is 0 Å². The predicted octanol–water partition coefficient (Wildman–Crippen LogP) is 4.39. The van der Waals surface area contributed by atoms with Crippen LogP contribution in [0, 0.1) is 0 Å². The summed E-state index contributed by atoms with van der Waals surface area (Å²) in [6.07, 6.45) is 3.58. The first-order valence-electron chi connectivity index (χ1n) is 10.5. The molecule has 2 aromatic carbocycles. The summed E-state index contributed by atoms with van der Waals surface area (Å²) in [5.41, 5.74) is 2.09. The van der Waals surface area contributed by atoms with Crippen LogP contribution in [0.3, 0.4) is 0 Å². The number of fused-ring (bicyclic) bond motifs is 1. The molecule has 172 valence electrons. The molecule has 4 rings (SSSR count). The van der Waals surface area contributed by atoms with E-state index in [1.165, 1.54) is 17.0 Å². The van der Waals surface area contributed by atoms with E-state index in [0.717, 1.165) is 12.1 Å². The maximum Gasteiger partial charge on any atom is 0.387 e. The van der Waals surface area contributed by atoms with Crippen molar-refractivity contribution in [3.63, 3.8) is 0 Å². The fourth-order valence-electron chi connectivity index (χ4n) is 3.89. The third-order valence-electron chi connectivity index (χ3n) is 5.68. The molecule has 0 unspecified atom stereocenters. The van der Waals surface area contributed by atoms with Gasteiger partial charge in [-0.15, -0.1) is 0 Å². The zero-order valence-electron chi connectivity index (χ0n) is 18.5. The Kier molecular flexibility index (Phi) is 5.88. The summed E-state index contributed by atoms with van der Waals surface area (Å²) in [6, 6.07) is 11.0. The first-order chi connectivity index (χ1) is 15.7. The highest BCUT2D eigenvalue weighted by Gasteiger charge is 2.45. The quantitative estimate of drug-likeness (QED) is 0.575. The maximum absolute atomic E-state index is 13.3. The molecule has 9 heteroatoms. The average Bonchev–Trinajstić information content (AvgIpc) is 3.32. The highest BCUT2D eigenvalue weighted by atomic mass is 19.3. The molecule has 0 atom stereocenters. The van der Waals surface area contributed by atoms with Crippen LogP contribution in [-0.4, -0.2) is 28.2 Å². The SMILES string of the molecule is CCn1cc(CNC(=O)c2ccc3c(c2)C(C)(C)C(=O)N3c2cccc(OC(F)F)c2)cn1. The molecule has 33 heavy (non-hydrogen) atoms. The number of nitrogens with one attached hydrogen (secondary N) is 1. The number of hydrogen-bond donors (Lipinski definition) is 1. The van der Waals surface area contributed by atoms with Crippen molar-refractivity contribution in [2.24, 2.45) is 0 Å². The number of ether oxygens (including phenoxy) is 1. The van der Waals surface area contributed by atoms with Crippen molar-refractivity contribution in [2.45, 2.75) is 45.9 Å². The number of anilines is 2. The first kappa shape index (κ1) is 22.4. The molecular weight excluding hydrogens is 430 g/mol. The van der Waals surface area contributed by atoms with E-state index in [4.69, 9.17) is 0 Å². The van der Waals surface area contributed by atoms with Gasteiger partial charge in [-0.05, 0) is 56.7 Å². The minimum atomic E-state index is -2.96. The van der Waals surface area contributed by atoms with E-state index in [0.29, 0.717) is 29.0 Å². The third kappa shape index (κ3) is 4.30. The summed E-state index contributed by atoms with van der Waals surface area (Å²) in [6.45, 7) is 3.64. The van der Waals surface area contributed by atoms with Crippen LogP contribution in [0.4, 0.5) is 20.2 Å². The number of alkyl halides is 2. The fourth-order valence-corrected chi connectivity index (χ4v) is 3.89. The summed E-state index contributed by atoms with van der Waals surface area (Å²) >= 11 is 0. The number of halogens is 2. The molecule has 0 bridgehead atoms. The van der Waals surface area contributed by atoms with Crippen molar-refractivity contribution in [1.29, 1.82) is 0 Å². The van der Waals surface area contributed by atoms with Crippen LogP contribution in [0.2, 0.25) is 0 Å². The number of benzene rings is 2. The Morgan fingerprint density at radius 3 is 2.70 bits per heavy atom. The van der Waals surface area contributed by atoms with E-state index in [9.17, 15) is 18.4 Å². The van der Waals surface area contributed by atoms with E-state index in [2.05, 4.69) is 15.2 Å². The minimum Gasteiger partial charge on any atom is -0.435 e. The first-order valence-corrected chi connectivity index (χ1v) is 10.5. The van der Waals surface area contributed by atoms with Crippen LogP contribution in [-0.2, 0) is 23.3 Å². The summed E-state index contributed by atoms with van der Waals surface area (Å²) in [5, 5.41) is 7.06. The number of carbonyl (C=O) groups is 2. The number of aryl methyl sites for hydroxylation is 1. The smallest absolute Gasteiger partial charge is 0.387 e. The van der Waals surface area contributed by atoms with Gasteiger partial charge in [0.1, 0.15) is 5.75 Å². The van der Waals surface area contributed by atoms with Crippen molar-refractivity contribution < 1.29 is 23.1 Å². The molecule has 7 nitrogen and oxygen atoms in total. The molecule has 0 saturated heterocycles. The van der Waals surface area contributed by atoms with Crippen molar-refractivity contribution in [2.75, 3.05) is 4.90 Å². The Morgan fingerprint density at radius 2 is 2.00 bits per heavy atom. The van der Waals surface area contributed by atoms with Crippen LogP contribution in [0.1, 0.15) is 42.3 Å². The van der Waals surface area contributed by atoms with Gasteiger partial charge in [0, 0.05) is 36.5 Å². The van der Waals surface area contributed by atoms with Crippen molar-refractivity contribution >= 4 is 23.2 Å². The molecule has 2 amide bonds.